The Morgan fingerprint density at radius 3 is 1.93 bits per heavy atom. The lowest BCUT2D eigenvalue weighted by molar-refractivity contribution is -0.146. The third kappa shape index (κ3) is 13.5. The van der Waals surface area contributed by atoms with E-state index in [1.807, 2.05) is 0 Å². The highest BCUT2D eigenvalue weighted by Gasteiger charge is 2.31. The van der Waals surface area contributed by atoms with Crippen LogP contribution in [0.15, 0.2) is 71.6 Å². The lowest BCUT2D eigenvalue weighted by atomic mass is 10.2. The zero-order valence-corrected chi connectivity index (χ0v) is 30.1. The Balaban J connectivity index is 0.000000307. The number of aliphatic carboxylic acids is 1. The third-order valence-electron chi connectivity index (χ3n) is 6.23. The zero-order valence-electron chi connectivity index (χ0n) is 27.8. The summed E-state index contributed by atoms with van der Waals surface area (Å²) in [5.74, 6) is -6.84. The molecule has 1 heterocycles. The van der Waals surface area contributed by atoms with Gasteiger partial charge in [0.1, 0.15) is 16.4 Å². The predicted octanol–water partition coefficient (Wildman–Crippen LogP) is 7.32. The predicted molar refractivity (Wildman–Crippen MR) is 179 cm³/mol. The first-order chi connectivity index (χ1) is 26.5. The number of esters is 1. The van der Waals surface area contributed by atoms with Crippen molar-refractivity contribution in [3.05, 3.63) is 93.5 Å². The molecule has 0 bridgehead atoms. The van der Waals surface area contributed by atoms with Gasteiger partial charge >= 0.3 is 43.3 Å². The number of nitrogens with one attached hydrogen (secondary N) is 2. The van der Waals surface area contributed by atoms with Crippen LogP contribution in [0, 0.1) is 0 Å². The van der Waals surface area contributed by atoms with Crippen molar-refractivity contribution in [3.63, 3.8) is 0 Å². The zero-order chi connectivity index (χ0) is 42.8. The van der Waals surface area contributed by atoms with Crippen LogP contribution in [0.5, 0.6) is 23.3 Å². The van der Waals surface area contributed by atoms with E-state index in [1.54, 1.807) is 5.32 Å². The summed E-state index contributed by atoms with van der Waals surface area (Å²) in [5.41, 5.74) is -1.76. The summed E-state index contributed by atoms with van der Waals surface area (Å²) in [6.07, 6.45) is -5.96. The maximum absolute atomic E-state index is 12.7. The number of urea groups is 1. The maximum atomic E-state index is 12.7. The second kappa shape index (κ2) is 19.1. The molecule has 4 N–H and O–H groups in total. The van der Waals surface area contributed by atoms with E-state index in [1.165, 1.54) is 29.0 Å². The quantitative estimate of drug-likeness (QED) is 0.0762. The minimum absolute atomic E-state index is 0.0246. The number of nitrogens with zero attached hydrogens (tertiary/aromatic N) is 2. The third-order valence-corrected chi connectivity index (χ3v) is 8.25. The Bertz CT molecular complexity index is 2230. The number of hydrogen-bond acceptors (Lipinski definition) is 12. The van der Waals surface area contributed by atoms with Crippen LogP contribution in [-0.4, -0.2) is 71.9 Å². The first-order valence-electron chi connectivity index (χ1n) is 14.7. The molecule has 0 saturated carbocycles. The van der Waals surface area contributed by atoms with Crippen LogP contribution in [0.25, 0.3) is 0 Å². The Hall–Kier alpha value is -6.14. The lowest BCUT2D eigenvalue weighted by Crippen LogP contribution is -2.35. The van der Waals surface area contributed by atoms with Crippen LogP contribution in [0.3, 0.4) is 0 Å². The van der Waals surface area contributed by atoms with E-state index in [0.29, 0.717) is 12.1 Å². The number of aromatic carboxylic acids is 1. The number of carbonyl (C=O) groups is 4. The normalized spacial score (nSPS) is 11.8. The van der Waals surface area contributed by atoms with Crippen LogP contribution < -0.4 is 24.2 Å². The molecule has 16 nitrogen and oxygen atoms in total. The number of anilines is 1. The molecule has 0 radical (unpaired) electrons. The molecule has 0 aliphatic rings. The highest BCUT2D eigenvalue weighted by Crippen LogP contribution is 2.37. The number of ether oxygens (including phenoxy) is 4. The molecule has 4 rings (SSSR count). The van der Waals surface area contributed by atoms with Gasteiger partial charge in [0.25, 0.3) is 10.0 Å². The molecule has 0 fully saturated rings. The molecule has 0 saturated heterocycles. The summed E-state index contributed by atoms with van der Waals surface area (Å²) >= 11 is 11.7. The van der Waals surface area contributed by atoms with Crippen LogP contribution in [0.2, 0.25) is 10.0 Å². The first-order valence-corrected chi connectivity index (χ1v) is 16.9. The van der Waals surface area contributed by atoms with Gasteiger partial charge < -0.3 is 29.2 Å². The summed E-state index contributed by atoms with van der Waals surface area (Å²) < 4.78 is 131. The van der Waals surface area contributed by atoms with E-state index in [0.717, 1.165) is 37.3 Å². The molecule has 1 atom stereocenters. The van der Waals surface area contributed by atoms with E-state index in [4.69, 9.17) is 42.9 Å². The second-order valence-corrected chi connectivity index (χ2v) is 12.7. The van der Waals surface area contributed by atoms with Crippen molar-refractivity contribution in [1.82, 2.24) is 14.7 Å². The highest BCUT2D eigenvalue weighted by molar-refractivity contribution is 7.90. The molecule has 306 valence electrons. The first kappa shape index (κ1) is 45.3. The molecule has 2 amide bonds. The molecule has 1 aromatic heterocycles. The van der Waals surface area contributed by atoms with E-state index < -0.39 is 93.2 Å². The van der Waals surface area contributed by atoms with Crippen LogP contribution >= 0.6 is 23.2 Å². The molecule has 3 aromatic carbocycles. The van der Waals surface area contributed by atoms with Gasteiger partial charge in [0, 0.05) is 0 Å². The SMILES string of the molecule is C[C@H](OC(=O)c1cc(Oc2ccc(C(F)(F)F)cc2Cl)ccc1Cl)C(=O)O.O=C(Nc1nc(OC(F)F)cc(OC(F)F)n1)NS(=O)(=O)c1ccccc1C(=O)O. The van der Waals surface area contributed by atoms with E-state index in [2.05, 4.69) is 19.4 Å². The van der Waals surface area contributed by atoms with Crippen molar-refractivity contribution in [1.29, 1.82) is 0 Å². The van der Waals surface area contributed by atoms with Crippen molar-refractivity contribution in [2.75, 3.05) is 5.32 Å². The fourth-order valence-electron chi connectivity index (χ4n) is 3.83. The number of rotatable bonds is 13. The van der Waals surface area contributed by atoms with Gasteiger partial charge in [-0.2, -0.15) is 40.7 Å². The number of carboxylic acids is 2. The van der Waals surface area contributed by atoms with Crippen molar-refractivity contribution in [2.24, 2.45) is 0 Å². The average molecular weight is 877 g/mol. The van der Waals surface area contributed by atoms with E-state index in [-0.39, 0.29) is 27.1 Å². The fraction of sp³-hybridized carbons (Fsp3) is 0.161. The van der Waals surface area contributed by atoms with Crippen molar-refractivity contribution < 1.29 is 87.5 Å². The number of sulfonamides is 1. The average Bonchev–Trinajstić information content (AvgIpc) is 3.08. The Kier molecular flexibility index (Phi) is 15.2. The molecule has 0 aliphatic heterocycles. The van der Waals surface area contributed by atoms with Gasteiger partial charge in [-0.15, -0.1) is 0 Å². The van der Waals surface area contributed by atoms with Gasteiger partial charge in [0.05, 0.1) is 32.8 Å². The highest BCUT2D eigenvalue weighted by atomic mass is 35.5. The number of hydrogen-bond donors (Lipinski definition) is 4. The van der Waals surface area contributed by atoms with Crippen molar-refractivity contribution in [2.45, 2.75) is 37.3 Å². The van der Waals surface area contributed by atoms with Gasteiger partial charge in [0.2, 0.25) is 17.7 Å². The summed E-state index contributed by atoms with van der Waals surface area (Å²) in [6, 6.07) is 9.56. The standard InChI is InChI=1S/C17H11Cl2F3O5.C14H10F4N4O7S/c1-8(15(23)24)26-16(25)11-7-10(3-4-12(11)18)27-14-5-2-9(6-13(14)19)17(20,21)22;15-11(16)28-8-5-9(29-12(17)18)20-13(19-8)21-14(25)22-30(26,27)7-4-2-1-3-6(7)10(23)24/h2-8H,1H3,(H,23,24);1-5,11-12H,(H,23,24)(H2,19,20,21,22,25)/t8-;/m0./s1. The van der Waals surface area contributed by atoms with Gasteiger partial charge in [0.15, 0.2) is 6.10 Å². The van der Waals surface area contributed by atoms with Crippen molar-refractivity contribution in [3.8, 4) is 23.3 Å². The smallest absolute Gasteiger partial charge is 0.416 e. The molecule has 57 heavy (non-hydrogen) atoms. The van der Waals surface area contributed by atoms with Gasteiger partial charge in [-0.25, -0.2) is 32.3 Å². The Morgan fingerprint density at radius 1 is 0.807 bits per heavy atom. The monoisotopic (exact) mass is 876 g/mol. The largest absolute Gasteiger partial charge is 0.479 e. The number of benzene rings is 3. The number of carboxylic acid groups (broad SMARTS) is 2. The molecule has 26 heteroatoms. The minimum Gasteiger partial charge on any atom is -0.479 e. The fourth-order valence-corrected chi connectivity index (χ4v) is 5.35. The number of alkyl halides is 7. The van der Waals surface area contributed by atoms with Crippen molar-refractivity contribution >= 4 is 63.1 Å². The van der Waals surface area contributed by atoms with Crippen LogP contribution in [0.4, 0.5) is 41.5 Å². The molecule has 4 aromatic rings. The summed E-state index contributed by atoms with van der Waals surface area (Å²) in [4.78, 5) is 51.7. The molecular formula is C31H21Cl2F7N4O12S. The van der Waals surface area contributed by atoms with E-state index >= 15 is 0 Å². The second-order valence-electron chi connectivity index (χ2n) is 10.3. The number of carbonyl (C=O) groups excluding carboxylic acids is 2. The number of halogens is 9. The van der Waals surface area contributed by atoms with Gasteiger partial charge in [-0.05, 0) is 55.5 Å². The van der Waals surface area contributed by atoms with E-state index in [9.17, 15) is 58.3 Å². The summed E-state index contributed by atoms with van der Waals surface area (Å²) in [5, 5.41) is 19.2. The molecule has 0 aliphatic carbocycles. The van der Waals surface area contributed by atoms with Crippen LogP contribution in [0.1, 0.15) is 33.2 Å². The topological polar surface area (TPSA) is 230 Å². The maximum Gasteiger partial charge on any atom is 0.416 e. The minimum atomic E-state index is -4.71. The summed E-state index contributed by atoms with van der Waals surface area (Å²) in [7, 11) is -4.71. The van der Waals surface area contributed by atoms with Gasteiger partial charge in [-0.3, -0.25) is 5.32 Å². The lowest BCUT2D eigenvalue weighted by Gasteiger charge is -2.13. The number of aromatic nitrogens is 2. The van der Waals surface area contributed by atoms with Crippen LogP contribution in [-0.2, 0) is 25.7 Å². The van der Waals surface area contributed by atoms with Gasteiger partial charge in [-0.1, -0.05) is 35.3 Å². The summed E-state index contributed by atoms with van der Waals surface area (Å²) in [6.45, 7) is -5.65. The molecule has 0 unspecified atom stereocenters. The molecule has 0 spiro atoms. The number of amides is 2. The molecular weight excluding hydrogens is 856 g/mol. The Morgan fingerprint density at radius 2 is 1.40 bits per heavy atom. The Labute approximate surface area is 324 Å².